The summed E-state index contributed by atoms with van der Waals surface area (Å²) in [7, 11) is 0. The fourth-order valence-electron chi connectivity index (χ4n) is 1.32. The molecule has 16 heavy (non-hydrogen) atoms. The summed E-state index contributed by atoms with van der Waals surface area (Å²) in [5.41, 5.74) is 8.55. The molecule has 2 aromatic rings. The summed E-state index contributed by atoms with van der Waals surface area (Å²) >= 11 is 0. The molecular formula is C12H12N2O2. The van der Waals surface area contributed by atoms with Gasteiger partial charge in [0.1, 0.15) is 6.26 Å². The second-order valence-electron chi connectivity index (χ2n) is 3.54. The summed E-state index contributed by atoms with van der Waals surface area (Å²) in [6, 6.07) is 7.00. The number of nitrogen functional groups attached to an aromatic ring is 1. The molecule has 82 valence electrons. The van der Waals surface area contributed by atoms with Gasteiger partial charge in [-0.3, -0.25) is 4.79 Å². The van der Waals surface area contributed by atoms with Crippen LogP contribution in [0.5, 0.6) is 0 Å². The van der Waals surface area contributed by atoms with E-state index in [4.69, 9.17) is 10.2 Å². The van der Waals surface area contributed by atoms with Crippen molar-refractivity contribution in [1.82, 2.24) is 0 Å². The van der Waals surface area contributed by atoms with Crippen molar-refractivity contribution in [3.63, 3.8) is 0 Å². The van der Waals surface area contributed by atoms with Crippen molar-refractivity contribution in [3.8, 4) is 0 Å². The highest BCUT2D eigenvalue weighted by atomic mass is 16.3. The van der Waals surface area contributed by atoms with Crippen LogP contribution < -0.4 is 11.1 Å². The van der Waals surface area contributed by atoms with Crippen molar-refractivity contribution in [2.45, 2.75) is 6.92 Å². The second kappa shape index (κ2) is 4.10. The van der Waals surface area contributed by atoms with E-state index >= 15 is 0 Å². The zero-order valence-electron chi connectivity index (χ0n) is 8.86. The van der Waals surface area contributed by atoms with E-state index in [1.165, 1.54) is 12.5 Å². The SMILES string of the molecule is Cc1ccc(NC(=O)c2ccoc2)cc1N. The van der Waals surface area contributed by atoms with Crippen molar-refractivity contribution in [1.29, 1.82) is 0 Å². The van der Waals surface area contributed by atoms with Crippen LogP contribution in [0.1, 0.15) is 15.9 Å². The maximum absolute atomic E-state index is 11.7. The highest BCUT2D eigenvalue weighted by Crippen LogP contribution is 2.17. The predicted molar refractivity (Wildman–Crippen MR) is 62.3 cm³/mol. The number of nitrogens with two attached hydrogens (primary N) is 1. The first kappa shape index (κ1) is 10.3. The molecule has 0 aliphatic rings. The third-order valence-electron chi connectivity index (χ3n) is 2.32. The molecule has 1 amide bonds. The molecule has 0 radical (unpaired) electrons. The van der Waals surface area contributed by atoms with Crippen molar-refractivity contribution in [2.75, 3.05) is 11.1 Å². The van der Waals surface area contributed by atoms with Gasteiger partial charge in [0.2, 0.25) is 0 Å². The molecule has 3 N–H and O–H groups in total. The second-order valence-corrected chi connectivity index (χ2v) is 3.54. The highest BCUT2D eigenvalue weighted by Gasteiger charge is 2.07. The number of carbonyl (C=O) groups excluding carboxylic acids is 1. The Kier molecular flexibility index (Phi) is 2.64. The minimum Gasteiger partial charge on any atom is -0.472 e. The first-order chi connectivity index (χ1) is 7.66. The quantitative estimate of drug-likeness (QED) is 0.757. The maximum Gasteiger partial charge on any atom is 0.258 e. The summed E-state index contributed by atoms with van der Waals surface area (Å²) < 4.78 is 4.83. The van der Waals surface area contributed by atoms with Crippen LogP contribution in [0, 0.1) is 6.92 Å². The molecular weight excluding hydrogens is 204 g/mol. The zero-order valence-corrected chi connectivity index (χ0v) is 8.86. The lowest BCUT2D eigenvalue weighted by molar-refractivity contribution is 0.102. The lowest BCUT2D eigenvalue weighted by atomic mass is 10.2. The average molecular weight is 216 g/mol. The Bertz CT molecular complexity index is 504. The first-order valence-electron chi connectivity index (χ1n) is 4.86. The molecule has 2 rings (SSSR count). The van der Waals surface area contributed by atoms with Gasteiger partial charge < -0.3 is 15.5 Å². The summed E-state index contributed by atoms with van der Waals surface area (Å²) in [6.07, 6.45) is 2.85. The molecule has 4 nitrogen and oxygen atoms in total. The molecule has 0 spiro atoms. The smallest absolute Gasteiger partial charge is 0.258 e. The Hall–Kier alpha value is -2.23. The Balaban J connectivity index is 2.15. The van der Waals surface area contributed by atoms with Gasteiger partial charge in [-0.05, 0) is 30.7 Å². The molecule has 4 heteroatoms. The van der Waals surface area contributed by atoms with Crippen molar-refractivity contribution in [3.05, 3.63) is 47.9 Å². The van der Waals surface area contributed by atoms with Crippen molar-refractivity contribution < 1.29 is 9.21 Å². The van der Waals surface area contributed by atoms with Gasteiger partial charge >= 0.3 is 0 Å². The Morgan fingerprint density at radius 1 is 1.38 bits per heavy atom. The van der Waals surface area contributed by atoms with Crippen molar-refractivity contribution >= 4 is 17.3 Å². The minimum atomic E-state index is -0.211. The van der Waals surface area contributed by atoms with Gasteiger partial charge in [-0.25, -0.2) is 0 Å². The van der Waals surface area contributed by atoms with Crippen LogP contribution in [0.15, 0.2) is 41.2 Å². The molecule has 0 saturated heterocycles. The molecule has 0 bridgehead atoms. The molecule has 0 atom stereocenters. The molecule has 0 saturated carbocycles. The van der Waals surface area contributed by atoms with Crippen LogP contribution in [0.4, 0.5) is 11.4 Å². The van der Waals surface area contributed by atoms with Crippen LogP contribution in [0.3, 0.4) is 0 Å². The van der Waals surface area contributed by atoms with E-state index in [1.54, 1.807) is 12.1 Å². The summed E-state index contributed by atoms with van der Waals surface area (Å²) in [6.45, 7) is 1.91. The van der Waals surface area contributed by atoms with E-state index < -0.39 is 0 Å². The molecule has 0 unspecified atom stereocenters. The van der Waals surface area contributed by atoms with E-state index in [2.05, 4.69) is 5.32 Å². The van der Waals surface area contributed by atoms with Gasteiger partial charge in [0, 0.05) is 11.4 Å². The van der Waals surface area contributed by atoms with Gasteiger partial charge in [-0.1, -0.05) is 6.07 Å². The average Bonchev–Trinajstić information content (AvgIpc) is 2.77. The van der Waals surface area contributed by atoms with Crippen LogP contribution in [-0.2, 0) is 0 Å². The van der Waals surface area contributed by atoms with Gasteiger partial charge in [-0.15, -0.1) is 0 Å². The van der Waals surface area contributed by atoms with Crippen LogP contribution in [0.2, 0.25) is 0 Å². The number of benzene rings is 1. The fraction of sp³-hybridized carbons (Fsp3) is 0.0833. The number of aryl methyl sites for hydroxylation is 1. The van der Waals surface area contributed by atoms with E-state index in [0.717, 1.165) is 5.56 Å². The standard InChI is InChI=1S/C12H12N2O2/c1-8-2-3-10(6-11(8)13)14-12(15)9-4-5-16-7-9/h2-7H,13H2,1H3,(H,14,15). The fourth-order valence-corrected chi connectivity index (χ4v) is 1.32. The number of hydrogen-bond donors (Lipinski definition) is 2. The first-order valence-corrected chi connectivity index (χ1v) is 4.86. The molecule has 1 aromatic carbocycles. The highest BCUT2D eigenvalue weighted by molar-refractivity contribution is 6.04. The van der Waals surface area contributed by atoms with E-state index in [-0.39, 0.29) is 5.91 Å². The number of amides is 1. The Labute approximate surface area is 93.1 Å². The molecule has 0 aliphatic heterocycles. The lowest BCUT2D eigenvalue weighted by Gasteiger charge is -2.06. The monoisotopic (exact) mass is 216 g/mol. The van der Waals surface area contributed by atoms with Gasteiger partial charge in [-0.2, -0.15) is 0 Å². The Morgan fingerprint density at radius 2 is 2.19 bits per heavy atom. The predicted octanol–water partition coefficient (Wildman–Crippen LogP) is 2.42. The number of nitrogens with one attached hydrogen (secondary N) is 1. The van der Waals surface area contributed by atoms with E-state index in [1.807, 2.05) is 19.1 Å². The third-order valence-corrected chi connectivity index (χ3v) is 2.32. The van der Waals surface area contributed by atoms with Crippen molar-refractivity contribution in [2.24, 2.45) is 0 Å². The number of rotatable bonds is 2. The van der Waals surface area contributed by atoms with Gasteiger partial charge in [0.15, 0.2) is 0 Å². The summed E-state index contributed by atoms with van der Waals surface area (Å²) in [4.78, 5) is 11.7. The van der Waals surface area contributed by atoms with E-state index in [9.17, 15) is 4.79 Å². The summed E-state index contributed by atoms with van der Waals surface area (Å²) in [5, 5.41) is 2.73. The number of furan rings is 1. The van der Waals surface area contributed by atoms with Gasteiger partial charge in [0.25, 0.3) is 5.91 Å². The Morgan fingerprint density at radius 3 is 2.81 bits per heavy atom. The summed E-state index contributed by atoms with van der Waals surface area (Å²) in [5.74, 6) is -0.211. The molecule has 1 aromatic heterocycles. The molecule has 0 fully saturated rings. The third kappa shape index (κ3) is 2.06. The zero-order chi connectivity index (χ0) is 11.5. The van der Waals surface area contributed by atoms with Crippen LogP contribution in [0.25, 0.3) is 0 Å². The topological polar surface area (TPSA) is 68.3 Å². The maximum atomic E-state index is 11.7. The van der Waals surface area contributed by atoms with Gasteiger partial charge in [0.05, 0.1) is 11.8 Å². The minimum absolute atomic E-state index is 0.211. The number of anilines is 2. The number of hydrogen-bond acceptors (Lipinski definition) is 3. The van der Waals surface area contributed by atoms with Crippen LogP contribution >= 0.6 is 0 Å². The van der Waals surface area contributed by atoms with Crippen LogP contribution in [-0.4, -0.2) is 5.91 Å². The van der Waals surface area contributed by atoms with E-state index in [0.29, 0.717) is 16.9 Å². The largest absolute Gasteiger partial charge is 0.472 e. The normalized spacial score (nSPS) is 10.1. The molecule has 0 aliphatic carbocycles. The number of carbonyl (C=O) groups is 1. The lowest BCUT2D eigenvalue weighted by Crippen LogP contribution is -2.11. The molecule has 1 heterocycles.